The summed E-state index contributed by atoms with van der Waals surface area (Å²) in [5.41, 5.74) is 6.09. The van der Waals surface area contributed by atoms with Crippen molar-refractivity contribution in [3.8, 4) is 0 Å². The molecular formula is C10H12Cl2N2O2. The van der Waals surface area contributed by atoms with E-state index in [0.29, 0.717) is 5.56 Å². The average Bonchev–Trinajstić information content (AvgIpc) is 2.21. The van der Waals surface area contributed by atoms with Crippen molar-refractivity contribution in [1.29, 1.82) is 0 Å². The maximum absolute atomic E-state index is 11.6. The van der Waals surface area contributed by atoms with Gasteiger partial charge < -0.3 is 16.2 Å². The third-order valence-corrected chi connectivity index (χ3v) is 2.52. The van der Waals surface area contributed by atoms with Gasteiger partial charge in [-0.3, -0.25) is 4.79 Å². The Hall–Kier alpha value is -0.970. The van der Waals surface area contributed by atoms with Crippen LogP contribution in [0, 0.1) is 0 Å². The number of nitrogen functional groups attached to an aromatic ring is 1. The Kier molecular flexibility index (Phi) is 4.41. The van der Waals surface area contributed by atoms with E-state index in [9.17, 15) is 4.79 Å². The summed E-state index contributed by atoms with van der Waals surface area (Å²) < 4.78 is 0. The van der Waals surface area contributed by atoms with E-state index in [1.54, 1.807) is 6.92 Å². The molecule has 1 unspecified atom stereocenters. The van der Waals surface area contributed by atoms with E-state index in [0.717, 1.165) is 0 Å². The monoisotopic (exact) mass is 262 g/mol. The number of benzene rings is 1. The molecule has 0 radical (unpaired) electrons. The van der Waals surface area contributed by atoms with Gasteiger partial charge in [0.25, 0.3) is 5.91 Å². The maximum atomic E-state index is 11.6. The van der Waals surface area contributed by atoms with Gasteiger partial charge in [0.1, 0.15) is 0 Å². The second-order valence-electron chi connectivity index (χ2n) is 3.41. The van der Waals surface area contributed by atoms with E-state index < -0.39 is 6.10 Å². The number of aliphatic hydroxyl groups is 1. The van der Waals surface area contributed by atoms with Gasteiger partial charge in [0.15, 0.2) is 0 Å². The summed E-state index contributed by atoms with van der Waals surface area (Å²) in [6.07, 6.45) is -0.608. The van der Waals surface area contributed by atoms with Crippen LogP contribution in [0.1, 0.15) is 17.3 Å². The Morgan fingerprint density at radius 1 is 1.50 bits per heavy atom. The molecule has 0 saturated carbocycles. The molecule has 1 rings (SSSR count). The number of nitrogens with one attached hydrogen (secondary N) is 1. The van der Waals surface area contributed by atoms with Crippen LogP contribution in [0.2, 0.25) is 10.0 Å². The van der Waals surface area contributed by atoms with Crippen molar-refractivity contribution in [1.82, 2.24) is 5.32 Å². The lowest BCUT2D eigenvalue weighted by Gasteiger charge is -2.09. The number of anilines is 1. The summed E-state index contributed by atoms with van der Waals surface area (Å²) in [6, 6.07) is 2.86. The van der Waals surface area contributed by atoms with Crippen molar-refractivity contribution < 1.29 is 9.90 Å². The Morgan fingerprint density at radius 2 is 2.00 bits per heavy atom. The first-order valence-electron chi connectivity index (χ1n) is 4.62. The smallest absolute Gasteiger partial charge is 0.251 e. The van der Waals surface area contributed by atoms with Gasteiger partial charge in [0.05, 0.1) is 21.8 Å². The van der Waals surface area contributed by atoms with Crippen LogP contribution in [-0.2, 0) is 0 Å². The number of carbonyl (C=O) groups is 1. The fraction of sp³-hybridized carbons (Fsp3) is 0.300. The largest absolute Gasteiger partial charge is 0.396 e. The highest BCUT2D eigenvalue weighted by Gasteiger charge is 2.11. The van der Waals surface area contributed by atoms with Gasteiger partial charge in [-0.15, -0.1) is 0 Å². The van der Waals surface area contributed by atoms with E-state index in [-0.39, 0.29) is 28.2 Å². The van der Waals surface area contributed by atoms with E-state index in [1.165, 1.54) is 12.1 Å². The number of hydrogen-bond donors (Lipinski definition) is 3. The van der Waals surface area contributed by atoms with Crippen LogP contribution in [0.3, 0.4) is 0 Å². The van der Waals surface area contributed by atoms with Crippen molar-refractivity contribution in [2.24, 2.45) is 0 Å². The number of hydrogen-bond acceptors (Lipinski definition) is 3. The number of amides is 1. The third-order valence-electron chi connectivity index (χ3n) is 1.90. The number of aliphatic hydroxyl groups excluding tert-OH is 1. The predicted molar refractivity (Wildman–Crippen MR) is 64.9 cm³/mol. The molecule has 16 heavy (non-hydrogen) atoms. The van der Waals surface area contributed by atoms with Gasteiger partial charge in [-0.2, -0.15) is 0 Å². The normalized spacial score (nSPS) is 12.2. The molecule has 4 N–H and O–H groups in total. The molecule has 0 spiro atoms. The number of nitrogens with two attached hydrogens (primary N) is 1. The molecular weight excluding hydrogens is 251 g/mol. The molecule has 0 aliphatic rings. The Morgan fingerprint density at radius 3 is 2.44 bits per heavy atom. The Balaban J connectivity index is 2.84. The summed E-state index contributed by atoms with van der Waals surface area (Å²) in [4.78, 5) is 11.6. The van der Waals surface area contributed by atoms with Crippen LogP contribution in [0.4, 0.5) is 5.69 Å². The highest BCUT2D eigenvalue weighted by Crippen LogP contribution is 2.28. The molecule has 1 atom stereocenters. The van der Waals surface area contributed by atoms with Gasteiger partial charge in [-0.05, 0) is 19.1 Å². The molecule has 0 aliphatic carbocycles. The number of carbonyl (C=O) groups excluding carboxylic acids is 1. The van der Waals surface area contributed by atoms with E-state index in [4.69, 9.17) is 34.0 Å². The molecule has 6 heteroatoms. The lowest BCUT2D eigenvalue weighted by atomic mass is 10.2. The zero-order valence-corrected chi connectivity index (χ0v) is 10.1. The van der Waals surface area contributed by atoms with Gasteiger partial charge in [0, 0.05) is 12.1 Å². The maximum Gasteiger partial charge on any atom is 0.251 e. The number of rotatable bonds is 3. The minimum absolute atomic E-state index is 0.165. The topological polar surface area (TPSA) is 75.3 Å². The van der Waals surface area contributed by atoms with Crippen LogP contribution in [0.5, 0.6) is 0 Å². The lowest BCUT2D eigenvalue weighted by molar-refractivity contribution is 0.0924. The fourth-order valence-corrected chi connectivity index (χ4v) is 1.54. The second kappa shape index (κ2) is 5.39. The highest BCUT2D eigenvalue weighted by molar-refractivity contribution is 6.39. The first kappa shape index (κ1) is 13.1. The quantitative estimate of drug-likeness (QED) is 0.726. The molecule has 1 aromatic rings. The minimum Gasteiger partial charge on any atom is -0.396 e. The van der Waals surface area contributed by atoms with Gasteiger partial charge in [0.2, 0.25) is 0 Å². The lowest BCUT2D eigenvalue weighted by Crippen LogP contribution is -2.30. The molecule has 0 saturated heterocycles. The molecule has 0 heterocycles. The zero-order valence-electron chi connectivity index (χ0n) is 8.63. The molecule has 0 aliphatic heterocycles. The SMILES string of the molecule is CC(O)CNC(=O)c1cc(Cl)c(N)c(Cl)c1. The Bertz CT molecular complexity index is 385. The van der Waals surface area contributed by atoms with Gasteiger partial charge in [-0.25, -0.2) is 0 Å². The van der Waals surface area contributed by atoms with Gasteiger partial charge >= 0.3 is 0 Å². The van der Waals surface area contributed by atoms with Gasteiger partial charge in [-0.1, -0.05) is 23.2 Å². The first-order valence-corrected chi connectivity index (χ1v) is 5.38. The Labute approximate surface area is 103 Å². The molecule has 4 nitrogen and oxygen atoms in total. The standard InChI is InChI=1S/C10H12Cl2N2O2/c1-5(15)4-14-10(16)6-2-7(11)9(13)8(12)3-6/h2-3,5,15H,4,13H2,1H3,(H,14,16). The molecule has 1 amide bonds. The zero-order chi connectivity index (χ0) is 12.3. The second-order valence-corrected chi connectivity index (χ2v) is 4.23. The minimum atomic E-state index is -0.608. The summed E-state index contributed by atoms with van der Waals surface area (Å²) >= 11 is 11.6. The third kappa shape index (κ3) is 3.27. The summed E-state index contributed by atoms with van der Waals surface area (Å²) in [5, 5.41) is 12.0. The average molecular weight is 263 g/mol. The molecule has 88 valence electrons. The van der Waals surface area contributed by atoms with E-state index in [1.807, 2.05) is 0 Å². The molecule has 0 aromatic heterocycles. The molecule has 1 aromatic carbocycles. The predicted octanol–water partition coefficient (Wildman–Crippen LogP) is 1.69. The summed E-state index contributed by atoms with van der Waals surface area (Å²) in [6.45, 7) is 1.74. The van der Waals surface area contributed by atoms with Crippen LogP contribution < -0.4 is 11.1 Å². The van der Waals surface area contributed by atoms with E-state index in [2.05, 4.69) is 5.32 Å². The van der Waals surface area contributed by atoms with Crippen molar-refractivity contribution in [2.45, 2.75) is 13.0 Å². The number of halogens is 2. The first-order chi connectivity index (χ1) is 7.41. The molecule has 0 fully saturated rings. The van der Waals surface area contributed by atoms with Crippen molar-refractivity contribution in [3.05, 3.63) is 27.7 Å². The van der Waals surface area contributed by atoms with Crippen molar-refractivity contribution in [2.75, 3.05) is 12.3 Å². The summed E-state index contributed by atoms with van der Waals surface area (Å²) in [7, 11) is 0. The van der Waals surface area contributed by atoms with Crippen LogP contribution in [-0.4, -0.2) is 23.7 Å². The molecule has 0 bridgehead atoms. The van der Waals surface area contributed by atoms with Crippen molar-refractivity contribution >= 4 is 34.8 Å². The van der Waals surface area contributed by atoms with Crippen molar-refractivity contribution in [3.63, 3.8) is 0 Å². The highest BCUT2D eigenvalue weighted by atomic mass is 35.5. The van der Waals surface area contributed by atoms with E-state index >= 15 is 0 Å². The van der Waals surface area contributed by atoms with Crippen LogP contribution in [0.25, 0.3) is 0 Å². The van der Waals surface area contributed by atoms with Crippen LogP contribution in [0.15, 0.2) is 12.1 Å². The summed E-state index contributed by atoms with van der Waals surface area (Å²) in [5.74, 6) is -0.357. The fourth-order valence-electron chi connectivity index (χ4n) is 1.06. The van der Waals surface area contributed by atoms with Crippen LogP contribution >= 0.6 is 23.2 Å².